The quantitative estimate of drug-likeness (QED) is 0.806. The molecule has 2 rings (SSSR count). The zero-order chi connectivity index (χ0) is 10.9. The van der Waals surface area contributed by atoms with Gasteiger partial charge in [-0.05, 0) is 31.2 Å². The number of carbonyl (C=O) groups excluding carboxylic acids is 1. The number of carbonyl (C=O) groups is 1. The molecule has 0 spiro atoms. The molecule has 0 bridgehead atoms. The Morgan fingerprint density at radius 3 is 2.75 bits per heavy atom. The van der Waals surface area contributed by atoms with E-state index in [1.54, 1.807) is 0 Å². The van der Waals surface area contributed by atoms with Gasteiger partial charge in [-0.2, -0.15) is 0 Å². The maximum atomic E-state index is 12.0. The van der Waals surface area contributed by atoms with Crippen molar-refractivity contribution in [1.29, 1.82) is 0 Å². The summed E-state index contributed by atoms with van der Waals surface area (Å²) in [7, 11) is 0. The van der Waals surface area contributed by atoms with Gasteiger partial charge in [0, 0.05) is 25.6 Å². The summed E-state index contributed by atoms with van der Waals surface area (Å²) in [5.41, 5.74) is 0.332. The second-order valence-corrected chi connectivity index (χ2v) is 5.73. The van der Waals surface area contributed by atoms with E-state index in [1.807, 2.05) is 4.90 Å². The Morgan fingerprint density at radius 2 is 2.25 bits per heavy atom. The minimum atomic E-state index is 0. The third-order valence-corrected chi connectivity index (χ3v) is 3.61. The maximum absolute atomic E-state index is 12.0. The van der Waals surface area contributed by atoms with Gasteiger partial charge in [0.2, 0.25) is 5.91 Å². The van der Waals surface area contributed by atoms with Gasteiger partial charge >= 0.3 is 0 Å². The molecule has 2 saturated heterocycles. The fourth-order valence-corrected chi connectivity index (χ4v) is 2.60. The number of hydrogen-bond acceptors (Lipinski definition) is 2. The van der Waals surface area contributed by atoms with Crippen LogP contribution in [-0.2, 0) is 4.79 Å². The molecule has 2 aliphatic heterocycles. The van der Waals surface area contributed by atoms with Gasteiger partial charge in [0.25, 0.3) is 0 Å². The van der Waals surface area contributed by atoms with E-state index in [0.717, 1.165) is 26.1 Å². The number of nitrogens with one attached hydrogen (secondary N) is 1. The average Bonchev–Trinajstić information content (AvgIpc) is 2.74. The molecule has 0 aromatic rings. The van der Waals surface area contributed by atoms with Crippen LogP contribution in [0.2, 0.25) is 0 Å². The van der Waals surface area contributed by atoms with Crippen molar-refractivity contribution in [2.75, 3.05) is 19.6 Å². The van der Waals surface area contributed by atoms with Crippen molar-refractivity contribution in [3.05, 3.63) is 0 Å². The van der Waals surface area contributed by atoms with Gasteiger partial charge in [0.1, 0.15) is 0 Å². The van der Waals surface area contributed by atoms with E-state index in [2.05, 4.69) is 19.2 Å². The van der Waals surface area contributed by atoms with Gasteiger partial charge < -0.3 is 10.2 Å². The lowest BCUT2D eigenvalue weighted by molar-refractivity contribution is -0.130. The van der Waals surface area contributed by atoms with E-state index in [0.29, 0.717) is 23.8 Å². The van der Waals surface area contributed by atoms with E-state index < -0.39 is 0 Å². The summed E-state index contributed by atoms with van der Waals surface area (Å²) >= 11 is 0. The van der Waals surface area contributed by atoms with Crippen molar-refractivity contribution in [2.24, 2.45) is 5.41 Å². The SMILES string of the molecule is CC1(C)CCN(C(=O)CC2CCCN2)C1.Cl. The molecule has 0 aliphatic carbocycles. The predicted octanol–water partition coefficient (Wildman–Crippen LogP) is 1.81. The summed E-state index contributed by atoms with van der Waals surface area (Å²) in [6.07, 6.45) is 4.25. The largest absolute Gasteiger partial charge is 0.342 e. The lowest BCUT2D eigenvalue weighted by Crippen LogP contribution is -2.35. The Balaban J connectivity index is 0.00000128. The molecule has 2 heterocycles. The first-order chi connectivity index (χ1) is 7.07. The fraction of sp³-hybridized carbons (Fsp3) is 0.917. The highest BCUT2D eigenvalue weighted by molar-refractivity contribution is 5.85. The van der Waals surface area contributed by atoms with Crippen molar-refractivity contribution < 1.29 is 4.79 Å². The molecule has 0 saturated carbocycles. The van der Waals surface area contributed by atoms with Crippen molar-refractivity contribution in [2.45, 2.75) is 45.6 Å². The standard InChI is InChI=1S/C12H22N2O.ClH/c1-12(2)5-7-14(9-12)11(15)8-10-4-3-6-13-10;/h10,13H,3-9H2,1-2H3;1H. The molecular formula is C12H23ClN2O. The molecule has 0 radical (unpaired) electrons. The molecule has 1 N–H and O–H groups in total. The molecule has 2 aliphatic rings. The van der Waals surface area contributed by atoms with E-state index >= 15 is 0 Å². The number of hydrogen-bond donors (Lipinski definition) is 1. The lowest BCUT2D eigenvalue weighted by atomic mass is 9.93. The second-order valence-electron chi connectivity index (χ2n) is 5.73. The van der Waals surface area contributed by atoms with Crippen LogP contribution in [0.5, 0.6) is 0 Å². The maximum Gasteiger partial charge on any atom is 0.224 e. The van der Waals surface area contributed by atoms with Gasteiger partial charge in [-0.15, -0.1) is 12.4 Å². The van der Waals surface area contributed by atoms with Crippen molar-refractivity contribution in [1.82, 2.24) is 10.2 Å². The molecule has 1 unspecified atom stereocenters. The van der Waals surface area contributed by atoms with E-state index in [1.165, 1.54) is 12.8 Å². The molecule has 1 atom stereocenters. The third-order valence-electron chi connectivity index (χ3n) is 3.61. The lowest BCUT2D eigenvalue weighted by Gasteiger charge is -2.21. The summed E-state index contributed by atoms with van der Waals surface area (Å²) in [4.78, 5) is 14.0. The van der Waals surface area contributed by atoms with Crippen LogP contribution >= 0.6 is 12.4 Å². The van der Waals surface area contributed by atoms with E-state index in [9.17, 15) is 4.79 Å². The Bertz CT molecular complexity index is 249. The molecule has 1 amide bonds. The molecular weight excluding hydrogens is 224 g/mol. The first-order valence-corrected chi connectivity index (χ1v) is 6.08. The zero-order valence-electron chi connectivity index (χ0n) is 10.3. The van der Waals surface area contributed by atoms with Gasteiger partial charge in [-0.1, -0.05) is 13.8 Å². The summed E-state index contributed by atoms with van der Waals surface area (Å²) in [5, 5.41) is 3.38. The summed E-state index contributed by atoms with van der Waals surface area (Å²) in [5.74, 6) is 0.347. The number of halogens is 1. The van der Waals surface area contributed by atoms with Gasteiger partial charge in [-0.25, -0.2) is 0 Å². The molecule has 3 nitrogen and oxygen atoms in total. The highest BCUT2D eigenvalue weighted by Crippen LogP contribution is 2.29. The first-order valence-electron chi connectivity index (χ1n) is 6.08. The molecule has 2 fully saturated rings. The van der Waals surface area contributed by atoms with Gasteiger partial charge in [0.15, 0.2) is 0 Å². The van der Waals surface area contributed by atoms with Crippen molar-refractivity contribution in [3.8, 4) is 0 Å². The van der Waals surface area contributed by atoms with Crippen LogP contribution in [0.4, 0.5) is 0 Å². The fourth-order valence-electron chi connectivity index (χ4n) is 2.60. The van der Waals surface area contributed by atoms with Crippen LogP contribution in [0.3, 0.4) is 0 Å². The highest BCUT2D eigenvalue weighted by Gasteiger charge is 2.32. The van der Waals surface area contributed by atoms with Crippen molar-refractivity contribution in [3.63, 3.8) is 0 Å². The highest BCUT2D eigenvalue weighted by atomic mass is 35.5. The summed E-state index contributed by atoms with van der Waals surface area (Å²) < 4.78 is 0. The number of amides is 1. The Morgan fingerprint density at radius 1 is 1.50 bits per heavy atom. The van der Waals surface area contributed by atoms with Gasteiger partial charge in [-0.3, -0.25) is 4.79 Å². The predicted molar refractivity (Wildman–Crippen MR) is 67.9 cm³/mol. The zero-order valence-corrected chi connectivity index (χ0v) is 11.1. The van der Waals surface area contributed by atoms with Crippen molar-refractivity contribution >= 4 is 18.3 Å². The second kappa shape index (κ2) is 5.37. The van der Waals surface area contributed by atoms with Crippen LogP contribution in [0.1, 0.15) is 39.5 Å². The summed E-state index contributed by atoms with van der Waals surface area (Å²) in [6, 6.07) is 0.446. The van der Waals surface area contributed by atoms with Crippen LogP contribution in [0.25, 0.3) is 0 Å². The Labute approximate surface area is 104 Å². The monoisotopic (exact) mass is 246 g/mol. The molecule has 16 heavy (non-hydrogen) atoms. The molecule has 94 valence electrons. The number of rotatable bonds is 2. The molecule has 0 aromatic carbocycles. The van der Waals surface area contributed by atoms with Gasteiger partial charge in [0.05, 0.1) is 0 Å². The Kier molecular flexibility index (Phi) is 4.62. The van der Waals surface area contributed by atoms with Crippen LogP contribution in [0.15, 0.2) is 0 Å². The van der Waals surface area contributed by atoms with E-state index in [4.69, 9.17) is 0 Å². The number of nitrogens with zero attached hydrogens (tertiary/aromatic N) is 1. The first kappa shape index (κ1) is 13.8. The molecule has 0 aromatic heterocycles. The number of likely N-dealkylation sites (tertiary alicyclic amines) is 1. The Hall–Kier alpha value is -0.280. The molecule has 4 heteroatoms. The minimum absolute atomic E-state index is 0. The van der Waals surface area contributed by atoms with Crippen LogP contribution in [0, 0.1) is 5.41 Å². The summed E-state index contributed by atoms with van der Waals surface area (Å²) in [6.45, 7) is 7.47. The minimum Gasteiger partial charge on any atom is -0.342 e. The van der Waals surface area contributed by atoms with Crippen LogP contribution in [-0.4, -0.2) is 36.5 Å². The average molecular weight is 247 g/mol. The topological polar surface area (TPSA) is 32.3 Å². The normalized spacial score (nSPS) is 27.9. The van der Waals surface area contributed by atoms with Crippen LogP contribution < -0.4 is 5.32 Å². The van der Waals surface area contributed by atoms with E-state index in [-0.39, 0.29) is 12.4 Å². The smallest absolute Gasteiger partial charge is 0.224 e. The third kappa shape index (κ3) is 3.36.